The molecule has 2 N–H and O–H groups in total. The van der Waals surface area contributed by atoms with Crippen LogP contribution in [0.15, 0.2) is 96.2 Å². The molecule has 7 heteroatoms. The van der Waals surface area contributed by atoms with Gasteiger partial charge in [0.25, 0.3) is 5.91 Å². The molecule has 0 radical (unpaired) electrons. The van der Waals surface area contributed by atoms with Crippen LogP contribution in [0.5, 0.6) is 0 Å². The lowest BCUT2D eigenvalue weighted by atomic mass is 9.90. The number of ether oxygens (including phenoxy) is 1. The molecule has 0 saturated carbocycles. The third-order valence-corrected chi connectivity index (χ3v) is 5.75. The van der Waals surface area contributed by atoms with Crippen LogP contribution in [0.3, 0.4) is 0 Å². The van der Waals surface area contributed by atoms with Crippen molar-refractivity contribution in [3.05, 3.63) is 107 Å². The number of carbonyl (C=O) groups excluding carboxylic acids is 2. The average Bonchev–Trinajstić information content (AvgIpc) is 2.84. The number of hydrogen-bond donors (Lipinski definition) is 2. The molecular weight excluding hydrogens is 434 g/mol. The van der Waals surface area contributed by atoms with Crippen LogP contribution in [-0.2, 0) is 9.53 Å². The van der Waals surface area contributed by atoms with Gasteiger partial charge in [0.05, 0.1) is 24.3 Å². The molecular formula is C26H23N3O3S. The molecule has 0 bridgehead atoms. The quantitative estimate of drug-likeness (QED) is 0.423. The van der Waals surface area contributed by atoms with Crippen molar-refractivity contribution in [2.24, 2.45) is 0 Å². The maximum atomic E-state index is 13.6. The largest absolute Gasteiger partial charge is 0.465 e. The summed E-state index contributed by atoms with van der Waals surface area (Å²) in [6.45, 7) is 1.85. The topological polar surface area (TPSA) is 70.7 Å². The number of carbonyl (C=O) groups is 2. The lowest BCUT2D eigenvalue weighted by molar-refractivity contribution is -0.113. The molecule has 4 rings (SSSR count). The fraction of sp³-hybridized carbons (Fsp3) is 0.115. The maximum Gasteiger partial charge on any atom is 0.338 e. The number of para-hydroxylation sites is 2. The van der Waals surface area contributed by atoms with Crippen LogP contribution in [0.25, 0.3) is 0 Å². The monoisotopic (exact) mass is 457 g/mol. The van der Waals surface area contributed by atoms with E-state index in [1.54, 1.807) is 18.2 Å². The van der Waals surface area contributed by atoms with E-state index in [0.717, 1.165) is 5.69 Å². The van der Waals surface area contributed by atoms with Crippen molar-refractivity contribution >= 4 is 40.6 Å². The minimum Gasteiger partial charge on any atom is -0.465 e. The zero-order valence-corrected chi connectivity index (χ0v) is 19.1. The van der Waals surface area contributed by atoms with Crippen LogP contribution >= 0.6 is 12.2 Å². The van der Waals surface area contributed by atoms with Crippen molar-refractivity contribution in [1.82, 2.24) is 5.32 Å². The molecule has 1 aliphatic rings. The Morgan fingerprint density at radius 1 is 0.939 bits per heavy atom. The summed E-state index contributed by atoms with van der Waals surface area (Å²) in [6, 6.07) is 25.2. The molecule has 3 aromatic carbocycles. The highest BCUT2D eigenvalue weighted by atomic mass is 32.1. The van der Waals surface area contributed by atoms with Crippen LogP contribution in [-0.4, -0.2) is 24.1 Å². The lowest BCUT2D eigenvalue weighted by Gasteiger charge is -2.38. The molecule has 0 spiro atoms. The standard InChI is InChI=1S/C26H23N3O3S/c1-17-22(24(30)27-18-11-5-3-6-12-18)23(20-15-9-10-16-21(20)25(31)32-2)28-26(33)29(17)19-13-7-4-8-14-19/h3-16,23H,1-2H3,(H,27,30)(H,28,33). The Hall–Kier alpha value is -3.97. The van der Waals surface area contributed by atoms with Crippen molar-refractivity contribution in [3.63, 3.8) is 0 Å². The highest BCUT2D eigenvalue weighted by Crippen LogP contribution is 2.35. The second kappa shape index (κ2) is 9.67. The Bertz CT molecular complexity index is 1230. The summed E-state index contributed by atoms with van der Waals surface area (Å²) in [7, 11) is 1.33. The van der Waals surface area contributed by atoms with E-state index in [4.69, 9.17) is 17.0 Å². The minimum absolute atomic E-state index is 0.292. The molecule has 3 aromatic rings. The van der Waals surface area contributed by atoms with E-state index in [2.05, 4.69) is 10.6 Å². The van der Waals surface area contributed by atoms with Gasteiger partial charge in [0.2, 0.25) is 0 Å². The Morgan fingerprint density at radius 2 is 1.55 bits per heavy atom. The fourth-order valence-corrected chi connectivity index (χ4v) is 4.28. The van der Waals surface area contributed by atoms with Crippen LogP contribution in [0.4, 0.5) is 11.4 Å². The smallest absolute Gasteiger partial charge is 0.338 e. The van der Waals surface area contributed by atoms with Crippen LogP contribution in [0.1, 0.15) is 28.9 Å². The summed E-state index contributed by atoms with van der Waals surface area (Å²) in [5.74, 6) is -0.774. The number of anilines is 2. The second-order valence-electron chi connectivity index (χ2n) is 7.45. The van der Waals surface area contributed by atoms with Crippen molar-refractivity contribution in [2.45, 2.75) is 13.0 Å². The van der Waals surface area contributed by atoms with Crippen LogP contribution < -0.4 is 15.5 Å². The number of benzene rings is 3. The van der Waals surface area contributed by atoms with Crippen molar-refractivity contribution in [1.29, 1.82) is 0 Å². The number of nitrogens with one attached hydrogen (secondary N) is 2. The third-order valence-electron chi connectivity index (χ3n) is 5.45. The molecule has 0 aliphatic carbocycles. The second-order valence-corrected chi connectivity index (χ2v) is 7.84. The maximum absolute atomic E-state index is 13.6. The Balaban J connectivity index is 1.86. The first-order valence-electron chi connectivity index (χ1n) is 10.4. The molecule has 1 atom stereocenters. The summed E-state index contributed by atoms with van der Waals surface area (Å²) in [5.41, 5.74) is 3.60. The van der Waals surface area contributed by atoms with Gasteiger partial charge in [-0.25, -0.2) is 4.79 Å². The van der Waals surface area contributed by atoms with Gasteiger partial charge >= 0.3 is 5.97 Å². The Kier molecular flexibility index (Phi) is 6.51. The van der Waals surface area contributed by atoms with Gasteiger partial charge in [0, 0.05) is 17.1 Å². The zero-order valence-electron chi connectivity index (χ0n) is 18.2. The lowest BCUT2D eigenvalue weighted by Crippen LogP contribution is -2.48. The van der Waals surface area contributed by atoms with Crippen LogP contribution in [0, 0.1) is 0 Å². The summed E-state index contributed by atoms with van der Waals surface area (Å²) >= 11 is 5.70. The Labute approximate surface area is 197 Å². The van der Waals surface area contributed by atoms with Gasteiger partial charge in [-0.05, 0) is 55.0 Å². The number of nitrogens with zero attached hydrogens (tertiary/aromatic N) is 1. The van der Waals surface area contributed by atoms with Gasteiger partial charge in [0.1, 0.15) is 0 Å². The molecule has 166 valence electrons. The first kappa shape index (κ1) is 22.2. The molecule has 1 amide bonds. The van der Waals surface area contributed by atoms with E-state index in [-0.39, 0.29) is 5.91 Å². The first-order valence-corrected chi connectivity index (χ1v) is 10.8. The first-order chi connectivity index (χ1) is 16.0. The highest BCUT2D eigenvalue weighted by molar-refractivity contribution is 7.80. The molecule has 1 unspecified atom stereocenters. The Morgan fingerprint density at radius 3 is 2.21 bits per heavy atom. The van der Waals surface area contributed by atoms with E-state index in [1.165, 1.54) is 7.11 Å². The van der Waals surface area contributed by atoms with Gasteiger partial charge in [-0.2, -0.15) is 0 Å². The van der Waals surface area contributed by atoms with Crippen molar-refractivity contribution in [2.75, 3.05) is 17.3 Å². The van der Waals surface area contributed by atoms with Gasteiger partial charge in [-0.1, -0.05) is 54.6 Å². The summed E-state index contributed by atoms with van der Waals surface area (Å²) < 4.78 is 4.98. The van der Waals surface area contributed by atoms with Gasteiger partial charge in [0.15, 0.2) is 5.11 Å². The van der Waals surface area contributed by atoms with Gasteiger partial charge in [-0.15, -0.1) is 0 Å². The molecule has 0 fully saturated rings. The number of esters is 1. The van der Waals surface area contributed by atoms with Gasteiger partial charge < -0.3 is 15.4 Å². The number of allylic oxidation sites excluding steroid dienone is 1. The predicted molar refractivity (Wildman–Crippen MR) is 133 cm³/mol. The number of thiocarbonyl (C=S) groups is 1. The van der Waals surface area contributed by atoms with E-state index in [1.807, 2.05) is 78.6 Å². The number of methoxy groups -OCH3 is 1. The van der Waals surface area contributed by atoms with E-state index in [9.17, 15) is 9.59 Å². The molecule has 6 nitrogen and oxygen atoms in total. The number of amides is 1. The van der Waals surface area contributed by atoms with Crippen LogP contribution in [0.2, 0.25) is 0 Å². The zero-order chi connectivity index (χ0) is 23.4. The van der Waals surface area contributed by atoms with Gasteiger partial charge in [-0.3, -0.25) is 9.69 Å². The SMILES string of the molecule is COC(=O)c1ccccc1C1NC(=S)N(c2ccccc2)C(C)=C1C(=O)Nc1ccccc1. The number of hydrogen-bond acceptors (Lipinski definition) is 4. The summed E-state index contributed by atoms with van der Waals surface area (Å²) in [6.07, 6.45) is 0. The molecule has 1 aliphatic heterocycles. The van der Waals surface area contributed by atoms with Crippen molar-refractivity contribution < 1.29 is 14.3 Å². The normalized spacial score (nSPS) is 15.6. The molecule has 0 aromatic heterocycles. The average molecular weight is 458 g/mol. The predicted octanol–water partition coefficient (Wildman–Crippen LogP) is 4.82. The summed E-state index contributed by atoms with van der Waals surface area (Å²) in [4.78, 5) is 27.9. The van der Waals surface area contributed by atoms with E-state index in [0.29, 0.717) is 33.2 Å². The highest BCUT2D eigenvalue weighted by Gasteiger charge is 2.36. The van der Waals surface area contributed by atoms with Crippen molar-refractivity contribution in [3.8, 4) is 0 Å². The molecule has 0 saturated heterocycles. The third kappa shape index (κ3) is 4.49. The summed E-state index contributed by atoms with van der Waals surface area (Å²) in [5, 5.41) is 6.68. The fourth-order valence-electron chi connectivity index (χ4n) is 3.92. The van der Waals surface area contributed by atoms with E-state index >= 15 is 0 Å². The van der Waals surface area contributed by atoms with E-state index < -0.39 is 12.0 Å². The number of rotatable bonds is 5. The molecule has 1 heterocycles. The molecule has 33 heavy (non-hydrogen) atoms. The minimum atomic E-state index is -0.642.